The summed E-state index contributed by atoms with van der Waals surface area (Å²) >= 11 is 0. The van der Waals surface area contributed by atoms with E-state index in [1.807, 2.05) is 6.07 Å². The Hall–Kier alpha value is -5.86. The Morgan fingerprint density at radius 2 is 0.820 bits per heavy atom. The van der Waals surface area contributed by atoms with Crippen LogP contribution in [0.4, 0.5) is 17.1 Å². The highest BCUT2D eigenvalue weighted by Gasteiger charge is 2.42. The van der Waals surface area contributed by atoms with Crippen LogP contribution >= 0.6 is 0 Å². The van der Waals surface area contributed by atoms with Gasteiger partial charge < -0.3 is 9.32 Å². The maximum absolute atomic E-state index is 6.66. The lowest BCUT2D eigenvalue weighted by atomic mass is 9.79. The normalized spacial score (nSPS) is 14.7. The van der Waals surface area contributed by atoms with Gasteiger partial charge in [-0.3, -0.25) is 0 Å². The summed E-state index contributed by atoms with van der Waals surface area (Å²) in [5.74, 6) is 0. The minimum Gasteiger partial charge on any atom is -0.455 e. The summed E-state index contributed by atoms with van der Waals surface area (Å²) in [5.41, 5.74) is 17.9. The average molecular weight is 644 g/mol. The molecule has 0 N–H and O–H groups in total. The number of furan rings is 1. The van der Waals surface area contributed by atoms with Crippen molar-refractivity contribution in [2.24, 2.45) is 0 Å². The van der Waals surface area contributed by atoms with E-state index in [0.29, 0.717) is 0 Å². The van der Waals surface area contributed by atoms with Gasteiger partial charge in [-0.25, -0.2) is 0 Å². The van der Waals surface area contributed by atoms with Crippen molar-refractivity contribution in [3.05, 3.63) is 174 Å². The predicted octanol–water partition coefficient (Wildman–Crippen LogP) is 13.3. The largest absolute Gasteiger partial charge is 0.455 e. The second-order valence-electron chi connectivity index (χ2n) is 14.9. The Labute approximate surface area is 293 Å². The van der Waals surface area contributed by atoms with Crippen LogP contribution in [0.5, 0.6) is 0 Å². The van der Waals surface area contributed by atoms with Crippen molar-refractivity contribution in [2.75, 3.05) is 4.90 Å². The smallest absolute Gasteiger partial charge is 0.143 e. The monoisotopic (exact) mass is 643 g/mol. The van der Waals surface area contributed by atoms with Crippen LogP contribution in [0.3, 0.4) is 0 Å². The number of rotatable bonds is 4. The predicted molar refractivity (Wildman–Crippen MR) is 209 cm³/mol. The highest BCUT2D eigenvalue weighted by atomic mass is 16.3. The van der Waals surface area contributed by atoms with Gasteiger partial charge in [0, 0.05) is 32.7 Å². The van der Waals surface area contributed by atoms with Gasteiger partial charge in [-0.2, -0.15) is 0 Å². The molecule has 0 spiro atoms. The topological polar surface area (TPSA) is 16.4 Å². The van der Waals surface area contributed by atoms with Crippen molar-refractivity contribution in [1.82, 2.24) is 0 Å². The molecule has 1 heterocycles. The first kappa shape index (κ1) is 29.1. The first-order chi connectivity index (χ1) is 24.4. The summed E-state index contributed by atoms with van der Waals surface area (Å²) in [6, 6.07) is 55.4. The molecule has 50 heavy (non-hydrogen) atoms. The van der Waals surface area contributed by atoms with Crippen LogP contribution in [-0.2, 0) is 10.8 Å². The van der Waals surface area contributed by atoms with Gasteiger partial charge in [0.2, 0.25) is 0 Å². The lowest BCUT2D eigenvalue weighted by molar-refractivity contribution is 0.656. The number of hydrogen-bond donors (Lipinski definition) is 0. The molecule has 0 unspecified atom stereocenters. The molecule has 0 amide bonds. The fourth-order valence-corrected chi connectivity index (χ4v) is 9.26. The van der Waals surface area contributed by atoms with Gasteiger partial charge in [0.05, 0.1) is 17.1 Å². The minimum absolute atomic E-state index is 0.203. The zero-order valence-electron chi connectivity index (χ0n) is 28.8. The molecule has 0 saturated heterocycles. The third-order valence-electron chi connectivity index (χ3n) is 11.4. The molecule has 0 fully saturated rings. The molecule has 7 aromatic carbocycles. The summed E-state index contributed by atoms with van der Waals surface area (Å²) in [5, 5.41) is 2.27. The molecule has 1 aromatic heterocycles. The summed E-state index contributed by atoms with van der Waals surface area (Å²) in [4.78, 5) is 2.57. The van der Waals surface area contributed by atoms with Gasteiger partial charge in [-0.1, -0.05) is 155 Å². The summed E-state index contributed by atoms with van der Waals surface area (Å²) in [7, 11) is 0. The average Bonchev–Trinajstić information content (AvgIpc) is 3.73. The van der Waals surface area contributed by atoms with E-state index in [-0.39, 0.29) is 10.8 Å². The van der Waals surface area contributed by atoms with Crippen LogP contribution in [0.25, 0.3) is 55.3 Å². The fourth-order valence-electron chi connectivity index (χ4n) is 9.26. The third kappa shape index (κ3) is 3.85. The molecule has 2 aliphatic rings. The number of para-hydroxylation sites is 3. The number of hydrogen-bond acceptors (Lipinski definition) is 2. The summed E-state index contributed by atoms with van der Waals surface area (Å²) in [6.45, 7) is 9.54. The lowest BCUT2D eigenvalue weighted by Gasteiger charge is -2.36. The Balaban J connectivity index is 1.31. The first-order valence-corrected chi connectivity index (χ1v) is 17.6. The van der Waals surface area contributed by atoms with Gasteiger partial charge in [0.25, 0.3) is 0 Å². The van der Waals surface area contributed by atoms with Crippen LogP contribution in [-0.4, -0.2) is 0 Å². The Morgan fingerprint density at radius 3 is 1.46 bits per heavy atom. The molecule has 0 saturated carbocycles. The molecule has 0 atom stereocenters. The minimum atomic E-state index is -0.203. The number of anilines is 3. The Morgan fingerprint density at radius 1 is 0.380 bits per heavy atom. The van der Waals surface area contributed by atoms with E-state index in [0.717, 1.165) is 38.8 Å². The molecule has 2 aliphatic carbocycles. The SMILES string of the molecule is CC1(C)c2ccccc2-c2cccc(N(c3ccccc3-c3cccc4c3oc3ccccc34)c3cccc4c3C(C)(C)c3ccccc3-4)c21. The van der Waals surface area contributed by atoms with E-state index in [9.17, 15) is 0 Å². The standard InChI is InChI=1S/C48H37NO/c1-47(2)38-24-9-5-16-30(38)34-20-14-27-41(44(34)47)49(42-28-15-21-35-31-17-6-10-25-39(31)48(3,4)45(35)42)40-26-11-7-18-32(40)36-22-13-23-37-33-19-8-12-29-43(33)50-46(36)37/h5-29H,1-4H3. The van der Waals surface area contributed by atoms with Gasteiger partial charge in [-0.05, 0) is 68.8 Å². The van der Waals surface area contributed by atoms with Crippen LogP contribution < -0.4 is 4.90 Å². The molecule has 2 heteroatoms. The number of fused-ring (bicyclic) bond motifs is 9. The van der Waals surface area contributed by atoms with E-state index in [1.165, 1.54) is 55.9 Å². The van der Waals surface area contributed by atoms with Gasteiger partial charge >= 0.3 is 0 Å². The highest BCUT2D eigenvalue weighted by molar-refractivity contribution is 6.11. The Kier molecular flexibility index (Phi) is 6.01. The van der Waals surface area contributed by atoms with E-state index >= 15 is 0 Å². The highest BCUT2D eigenvalue weighted by Crippen LogP contribution is 2.58. The zero-order chi connectivity index (χ0) is 33.8. The first-order valence-electron chi connectivity index (χ1n) is 17.6. The van der Waals surface area contributed by atoms with Crippen LogP contribution in [0.2, 0.25) is 0 Å². The molecular formula is C48H37NO. The van der Waals surface area contributed by atoms with Gasteiger partial charge in [0.1, 0.15) is 11.2 Å². The van der Waals surface area contributed by atoms with Gasteiger partial charge in [0.15, 0.2) is 0 Å². The summed E-state index contributed by atoms with van der Waals surface area (Å²) in [6.07, 6.45) is 0. The van der Waals surface area contributed by atoms with Crippen molar-refractivity contribution in [3.63, 3.8) is 0 Å². The number of nitrogens with zero attached hydrogens (tertiary/aromatic N) is 1. The van der Waals surface area contributed by atoms with Crippen LogP contribution in [0.15, 0.2) is 156 Å². The molecule has 10 rings (SSSR count). The molecule has 0 aliphatic heterocycles. The molecular weight excluding hydrogens is 607 g/mol. The second kappa shape index (κ2) is 10.3. The molecule has 240 valence electrons. The van der Waals surface area contributed by atoms with Crippen molar-refractivity contribution in [2.45, 2.75) is 38.5 Å². The van der Waals surface area contributed by atoms with Crippen molar-refractivity contribution >= 4 is 39.0 Å². The molecule has 0 bridgehead atoms. The fraction of sp³-hybridized carbons (Fsp3) is 0.125. The van der Waals surface area contributed by atoms with E-state index in [2.05, 4.69) is 178 Å². The van der Waals surface area contributed by atoms with Crippen LogP contribution in [0, 0.1) is 0 Å². The zero-order valence-corrected chi connectivity index (χ0v) is 28.8. The van der Waals surface area contributed by atoms with Crippen molar-refractivity contribution in [1.29, 1.82) is 0 Å². The molecule has 8 aromatic rings. The van der Waals surface area contributed by atoms with E-state index in [4.69, 9.17) is 4.42 Å². The Bertz CT molecular complexity index is 2560. The summed E-state index contributed by atoms with van der Waals surface area (Å²) < 4.78 is 6.66. The number of benzene rings is 7. The van der Waals surface area contributed by atoms with Gasteiger partial charge in [-0.15, -0.1) is 0 Å². The van der Waals surface area contributed by atoms with E-state index in [1.54, 1.807) is 0 Å². The second-order valence-corrected chi connectivity index (χ2v) is 14.9. The maximum atomic E-state index is 6.66. The lowest BCUT2D eigenvalue weighted by Crippen LogP contribution is -2.24. The quantitative estimate of drug-likeness (QED) is 0.190. The molecule has 0 radical (unpaired) electrons. The third-order valence-corrected chi connectivity index (χ3v) is 11.4. The van der Waals surface area contributed by atoms with Crippen molar-refractivity contribution < 1.29 is 4.42 Å². The van der Waals surface area contributed by atoms with Crippen molar-refractivity contribution in [3.8, 4) is 33.4 Å². The molecule has 2 nitrogen and oxygen atoms in total. The van der Waals surface area contributed by atoms with E-state index < -0.39 is 0 Å². The maximum Gasteiger partial charge on any atom is 0.143 e. The van der Waals surface area contributed by atoms with Crippen LogP contribution in [0.1, 0.15) is 49.9 Å².